The highest BCUT2D eigenvalue weighted by atomic mass is 16.6. The Bertz CT molecular complexity index is 639. The van der Waals surface area contributed by atoms with Crippen molar-refractivity contribution >= 4 is 0 Å². The standard InChI is InChI=1S/C12H17N3O5/c1-6-4-15(11(19)14-9(6)18)10-7-8(17)12(5-16,20-10)2-3-13-7/h4,7-8,10,13,16-17H,2-3,5H2,1H3,(H,14,18,19)/t7-,8+,10-,12-/m1/s1. The van der Waals surface area contributed by atoms with Crippen molar-refractivity contribution < 1.29 is 14.9 Å². The summed E-state index contributed by atoms with van der Waals surface area (Å²) < 4.78 is 7.02. The summed E-state index contributed by atoms with van der Waals surface area (Å²) in [7, 11) is 0. The van der Waals surface area contributed by atoms with Crippen LogP contribution in [-0.2, 0) is 4.74 Å². The Morgan fingerprint density at radius 1 is 1.55 bits per heavy atom. The predicted octanol–water partition coefficient (Wildman–Crippen LogP) is -2.17. The van der Waals surface area contributed by atoms with Crippen molar-refractivity contribution in [3.63, 3.8) is 0 Å². The molecule has 1 aromatic rings. The van der Waals surface area contributed by atoms with Gasteiger partial charge in [0.15, 0.2) is 6.23 Å². The van der Waals surface area contributed by atoms with E-state index in [1.54, 1.807) is 6.92 Å². The van der Waals surface area contributed by atoms with E-state index in [9.17, 15) is 19.8 Å². The molecule has 3 rings (SSSR count). The molecular weight excluding hydrogens is 266 g/mol. The van der Waals surface area contributed by atoms with Crippen LogP contribution in [0.4, 0.5) is 0 Å². The van der Waals surface area contributed by atoms with Crippen LogP contribution >= 0.6 is 0 Å². The van der Waals surface area contributed by atoms with Gasteiger partial charge in [-0.1, -0.05) is 0 Å². The van der Waals surface area contributed by atoms with Gasteiger partial charge in [0.2, 0.25) is 0 Å². The molecule has 0 radical (unpaired) electrons. The Labute approximate surface area is 114 Å². The second-order valence-corrected chi connectivity index (χ2v) is 5.38. The first-order valence-corrected chi connectivity index (χ1v) is 6.51. The molecule has 0 saturated carbocycles. The summed E-state index contributed by atoms with van der Waals surface area (Å²) >= 11 is 0. The Balaban J connectivity index is 2.06. The molecule has 2 aliphatic heterocycles. The van der Waals surface area contributed by atoms with E-state index >= 15 is 0 Å². The molecule has 4 N–H and O–H groups in total. The SMILES string of the molecule is Cc1cn([C@@H]2O[C@@]3(CO)CCN[C@@H]2[C@@H]3O)c(=O)[nH]c1=O. The number of H-pyrrole nitrogens is 1. The predicted molar refractivity (Wildman–Crippen MR) is 68.4 cm³/mol. The number of rotatable bonds is 2. The summed E-state index contributed by atoms with van der Waals surface area (Å²) in [6.45, 7) is 1.84. The highest BCUT2D eigenvalue weighted by Crippen LogP contribution is 2.41. The van der Waals surface area contributed by atoms with Gasteiger partial charge < -0.3 is 20.3 Å². The molecule has 4 atom stereocenters. The van der Waals surface area contributed by atoms with E-state index < -0.39 is 35.2 Å². The highest BCUT2D eigenvalue weighted by molar-refractivity contribution is 5.10. The number of aromatic nitrogens is 2. The number of aliphatic hydroxyl groups is 2. The lowest BCUT2D eigenvalue weighted by Gasteiger charge is -2.34. The van der Waals surface area contributed by atoms with Gasteiger partial charge in [-0.25, -0.2) is 4.79 Å². The van der Waals surface area contributed by atoms with E-state index in [4.69, 9.17) is 4.74 Å². The molecule has 2 bridgehead atoms. The minimum Gasteiger partial charge on any atom is -0.393 e. The lowest BCUT2D eigenvalue weighted by molar-refractivity contribution is -0.131. The molecule has 8 nitrogen and oxygen atoms in total. The summed E-state index contributed by atoms with van der Waals surface area (Å²) in [4.78, 5) is 25.5. The zero-order chi connectivity index (χ0) is 14.5. The molecule has 8 heteroatoms. The summed E-state index contributed by atoms with van der Waals surface area (Å²) in [5, 5.41) is 22.9. The third-order valence-corrected chi connectivity index (χ3v) is 4.16. The number of hydrogen-bond donors (Lipinski definition) is 4. The minimum atomic E-state index is -1.05. The van der Waals surface area contributed by atoms with Gasteiger partial charge in [0.05, 0.1) is 12.6 Å². The van der Waals surface area contributed by atoms with Gasteiger partial charge in [-0.05, 0) is 19.9 Å². The Morgan fingerprint density at radius 3 is 2.95 bits per heavy atom. The van der Waals surface area contributed by atoms with Gasteiger partial charge >= 0.3 is 5.69 Å². The number of fused-ring (bicyclic) bond motifs is 2. The van der Waals surface area contributed by atoms with Crippen molar-refractivity contribution in [2.45, 2.75) is 37.3 Å². The van der Waals surface area contributed by atoms with E-state index in [1.165, 1.54) is 10.8 Å². The number of aromatic amines is 1. The first kappa shape index (κ1) is 13.5. The van der Waals surface area contributed by atoms with Crippen molar-refractivity contribution in [2.75, 3.05) is 13.2 Å². The van der Waals surface area contributed by atoms with Crippen LogP contribution < -0.4 is 16.6 Å². The lowest BCUT2D eigenvalue weighted by atomic mass is 9.88. The Kier molecular flexibility index (Phi) is 3.05. The average molecular weight is 283 g/mol. The monoisotopic (exact) mass is 283 g/mol. The number of ether oxygens (including phenoxy) is 1. The number of hydrogen-bond acceptors (Lipinski definition) is 6. The molecule has 2 fully saturated rings. The van der Waals surface area contributed by atoms with E-state index in [0.29, 0.717) is 18.5 Å². The quantitative estimate of drug-likeness (QED) is 0.491. The zero-order valence-electron chi connectivity index (χ0n) is 11.0. The van der Waals surface area contributed by atoms with Gasteiger partial charge in [0, 0.05) is 11.8 Å². The van der Waals surface area contributed by atoms with Gasteiger partial charge in [-0.2, -0.15) is 0 Å². The van der Waals surface area contributed by atoms with Crippen molar-refractivity contribution in [3.8, 4) is 0 Å². The van der Waals surface area contributed by atoms with Crippen molar-refractivity contribution in [3.05, 3.63) is 32.6 Å². The fourth-order valence-electron chi connectivity index (χ4n) is 2.95. The smallest absolute Gasteiger partial charge is 0.330 e. The number of piperidine rings is 1. The second kappa shape index (κ2) is 4.52. The highest BCUT2D eigenvalue weighted by Gasteiger charge is 2.57. The van der Waals surface area contributed by atoms with Crippen LogP contribution in [0.2, 0.25) is 0 Å². The third kappa shape index (κ3) is 1.76. The molecule has 1 aromatic heterocycles. The minimum absolute atomic E-state index is 0.320. The zero-order valence-corrected chi connectivity index (χ0v) is 11.0. The van der Waals surface area contributed by atoms with Crippen LogP contribution in [0.5, 0.6) is 0 Å². The fourth-order valence-corrected chi connectivity index (χ4v) is 2.95. The molecule has 0 amide bonds. The Morgan fingerprint density at radius 2 is 2.30 bits per heavy atom. The summed E-state index contributed by atoms with van der Waals surface area (Å²) in [6.07, 6.45) is 0.189. The van der Waals surface area contributed by atoms with Gasteiger partial charge in [-0.3, -0.25) is 14.3 Å². The van der Waals surface area contributed by atoms with Crippen LogP contribution in [0.1, 0.15) is 18.2 Å². The van der Waals surface area contributed by atoms with Gasteiger partial charge in [0.25, 0.3) is 5.56 Å². The summed E-state index contributed by atoms with van der Waals surface area (Å²) in [5.41, 5.74) is -1.72. The molecular formula is C12H17N3O5. The topological polar surface area (TPSA) is 117 Å². The molecule has 0 aliphatic carbocycles. The van der Waals surface area contributed by atoms with Crippen LogP contribution in [0.25, 0.3) is 0 Å². The number of nitrogens with one attached hydrogen (secondary N) is 2. The van der Waals surface area contributed by atoms with Crippen LogP contribution in [0, 0.1) is 6.92 Å². The molecule has 2 aliphatic rings. The second-order valence-electron chi connectivity index (χ2n) is 5.38. The van der Waals surface area contributed by atoms with Crippen molar-refractivity contribution in [1.29, 1.82) is 0 Å². The first-order chi connectivity index (χ1) is 9.48. The van der Waals surface area contributed by atoms with E-state index in [2.05, 4.69) is 10.3 Å². The van der Waals surface area contributed by atoms with Gasteiger partial charge in [0.1, 0.15) is 11.7 Å². The largest absolute Gasteiger partial charge is 0.393 e. The molecule has 20 heavy (non-hydrogen) atoms. The number of nitrogens with zero attached hydrogens (tertiary/aromatic N) is 1. The van der Waals surface area contributed by atoms with Crippen LogP contribution in [0.3, 0.4) is 0 Å². The number of aliphatic hydroxyl groups excluding tert-OH is 2. The number of aryl methyl sites for hydroxylation is 1. The molecule has 0 aromatic carbocycles. The average Bonchev–Trinajstić information content (AvgIpc) is 2.60. The van der Waals surface area contributed by atoms with Crippen molar-refractivity contribution in [1.82, 2.24) is 14.9 Å². The first-order valence-electron chi connectivity index (χ1n) is 6.51. The van der Waals surface area contributed by atoms with Crippen LogP contribution in [0.15, 0.2) is 15.8 Å². The molecule has 0 spiro atoms. The Hall–Kier alpha value is -1.48. The molecule has 2 saturated heterocycles. The summed E-state index contributed by atoms with van der Waals surface area (Å²) in [5.74, 6) is 0. The summed E-state index contributed by atoms with van der Waals surface area (Å²) in [6, 6.07) is -0.501. The van der Waals surface area contributed by atoms with Crippen molar-refractivity contribution in [2.24, 2.45) is 0 Å². The maximum atomic E-state index is 11.9. The molecule has 0 unspecified atom stereocenters. The lowest BCUT2D eigenvalue weighted by Crippen LogP contribution is -2.56. The van der Waals surface area contributed by atoms with E-state index in [0.717, 1.165) is 0 Å². The maximum absolute atomic E-state index is 11.9. The van der Waals surface area contributed by atoms with E-state index in [-0.39, 0.29) is 6.61 Å². The molecule has 110 valence electrons. The van der Waals surface area contributed by atoms with Gasteiger partial charge in [-0.15, -0.1) is 0 Å². The molecule has 3 heterocycles. The van der Waals surface area contributed by atoms with E-state index in [1.807, 2.05) is 0 Å². The normalized spacial score (nSPS) is 36.2. The maximum Gasteiger partial charge on any atom is 0.330 e. The van der Waals surface area contributed by atoms with Crippen LogP contribution in [-0.4, -0.2) is 50.7 Å². The fraction of sp³-hybridized carbons (Fsp3) is 0.667. The third-order valence-electron chi connectivity index (χ3n) is 4.16.